The fraction of sp³-hybridized carbons (Fsp3) is 0.250. The van der Waals surface area contributed by atoms with Gasteiger partial charge in [-0.25, -0.2) is 4.39 Å². The summed E-state index contributed by atoms with van der Waals surface area (Å²) in [5, 5.41) is 3.75. The predicted molar refractivity (Wildman–Crippen MR) is 79.2 cm³/mol. The number of aryl methyl sites for hydroxylation is 2. The number of nitrogens with one attached hydrogen (secondary N) is 1. The van der Waals surface area contributed by atoms with Crippen LogP contribution in [0.15, 0.2) is 30.3 Å². The molecule has 1 atom stereocenters. The monoisotopic (exact) mass is 291 g/mol. The Hall–Kier alpha value is -1.74. The molecule has 0 amide bonds. The van der Waals surface area contributed by atoms with E-state index in [1.165, 1.54) is 17.7 Å². The maximum absolute atomic E-state index is 13.1. The Bertz CT molecular complexity index is 672. The molecule has 1 heterocycles. The highest BCUT2D eigenvalue weighted by Gasteiger charge is 2.24. The first-order chi connectivity index (χ1) is 9.54. The Morgan fingerprint density at radius 2 is 2.05 bits per heavy atom. The van der Waals surface area contributed by atoms with Crippen LogP contribution in [0, 0.1) is 19.7 Å². The van der Waals surface area contributed by atoms with Crippen molar-refractivity contribution in [3.05, 3.63) is 57.9 Å². The second-order valence-corrected chi connectivity index (χ2v) is 5.52. The fourth-order valence-electron chi connectivity index (χ4n) is 2.56. The Morgan fingerprint density at radius 1 is 1.25 bits per heavy atom. The second-order valence-electron chi connectivity index (χ2n) is 5.11. The van der Waals surface area contributed by atoms with Gasteiger partial charge in [-0.3, -0.25) is 0 Å². The lowest BCUT2D eigenvalue weighted by Gasteiger charge is -2.29. The largest absolute Gasteiger partial charge is 0.481 e. The fourth-order valence-corrected chi connectivity index (χ4v) is 2.85. The van der Waals surface area contributed by atoms with Gasteiger partial charge in [-0.2, -0.15) is 0 Å². The zero-order valence-corrected chi connectivity index (χ0v) is 12.1. The third-order valence-corrected chi connectivity index (χ3v) is 3.79. The average Bonchev–Trinajstić information content (AvgIpc) is 2.38. The van der Waals surface area contributed by atoms with Gasteiger partial charge in [0, 0.05) is 5.56 Å². The lowest BCUT2D eigenvalue weighted by molar-refractivity contribution is 0.209. The van der Waals surface area contributed by atoms with Crippen molar-refractivity contribution in [3.8, 4) is 5.75 Å². The quantitative estimate of drug-likeness (QED) is 0.826. The number of hydrogen-bond acceptors (Lipinski definition) is 2. The summed E-state index contributed by atoms with van der Waals surface area (Å²) in [4.78, 5) is 0. The van der Waals surface area contributed by atoms with E-state index in [4.69, 9.17) is 16.3 Å². The van der Waals surface area contributed by atoms with Gasteiger partial charge < -0.3 is 10.1 Å². The minimum absolute atomic E-state index is 0.211. The van der Waals surface area contributed by atoms with Gasteiger partial charge in [-0.1, -0.05) is 23.7 Å². The van der Waals surface area contributed by atoms with E-state index >= 15 is 0 Å². The molecule has 1 aliphatic rings. The first-order valence-electron chi connectivity index (χ1n) is 6.51. The Labute approximate surface area is 122 Å². The average molecular weight is 292 g/mol. The molecule has 3 rings (SSSR count). The van der Waals surface area contributed by atoms with Crippen molar-refractivity contribution in [3.63, 3.8) is 0 Å². The maximum atomic E-state index is 13.1. The molecule has 0 fully saturated rings. The standard InChI is InChI=1S/C16H15ClFNO/c1-9-5-10(2)16-14(6-9)19-8-15(20-16)12-4-3-11(18)7-13(12)17/h3-7,15,19H,8H2,1-2H3. The summed E-state index contributed by atoms with van der Waals surface area (Å²) in [6, 6.07) is 8.54. The summed E-state index contributed by atoms with van der Waals surface area (Å²) >= 11 is 6.11. The van der Waals surface area contributed by atoms with E-state index in [0.717, 1.165) is 22.6 Å². The van der Waals surface area contributed by atoms with Gasteiger partial charge in [0.05, 0.1) is 17.3 Å². The van der Waals surface area contributed by atoms with Crippen LogP contribution in [0.1, 0.15) is 22.8 Å². The van der Waals surface area contributed by atoms with E-state index in [-0.39, 0.29) is 11.9 Å². The summed E-state index contributed by atoms with van der Waals surface area (Å²) in [7, 11) is 0. The molecule has 20 heavy (non-hydrogen) atoms. The van der Waals surface area contributed by atoms with Crippen LogP contribution in [0.4, 0.5) is 10.1 Å². The van der Waals surface area contributed by atoms with Gasteiger partial charge in [0.1, 0.15) is 17.7 Å². The Morgan fingerprint density at radius 3 is 2.80 bits per heavy atom. The molecule has 2 aromatic rings. The molecule has 1 N–H and O–H groups in total. The van der Waals surface area contributed by atoms with Gasteiger partial charge in [-0.05, 0) is 43.2 Å². The summed E-state index contributed by atoms with van der Waals surface area (Å²) in [6.07, 6.45) is -0.211. The molecule has 0 saturated heterocycles. The van der Waals surface area contributed by atoms with Gasteiger partial charge in [0.25, 0.3) is 0 Å². The van der Waals surface area contributed by atoms with Gasteiger partial charge in [0.2, 0.25) is 0 Å². The van der Waals surface area contributed by atoms with Crippen molar-refractivity contribution in [1.82, 2.24) is 0 Å². The summed E-state index contributed by atoms with van der Waals surface area (Å²) in [5.41, 5.74) is 4.06. The zero-order chi connectivity index (χ0) is 14.3. The van der Waals surface area contributed by atoms with Crippen molar-refractivity contribution in [2.75, 3.05) is 11.9 Å². The number of fused-ring (bicyclic) bond motifs is 1. The SMILES string of the molecule is Cc1cc(C)c2c(c1)NCC(c1ccc(F)cc1Cl)O2. The first kappa shape index (κ1) is 13.3. The number of anilines is 1. The van der Waals surface area contributed by atoms with Crippen molar-refractivity contribution < 1.29 is 9.13 Å². The summed E-state index contributed by atoms with van der Waals surface area (Å²) < 4.78 is 19.2. The zero-order valence-electron chi connectivity index (χ0n) is 11.3. The summed E-state index contributed by atoms with van der Waals surface area (Å²) in [6.45, 7) is 4.68. The lowest BCUT2D eigenvalue weighted by atomic mass is 10.0. The van der Waals surface area contributed by atoms with Crippen LogP contribution in [-0.4, -0.2) is 6.54 Å². The molecular weight excluding hydrogens is 277 g/mol. The van der Waals surface area contributed by atoms with Gasteiger partial charge in [0.15, 0.2) is 0 Å². The van der Waals surface area contributed by atoms with Crippen LogP contribution < -0.4 is 10.1 Å². The third kappa shape index (κ3) is 2.34. The number of rotatable bonds is 1. The number of benzene rings is 2. The Balaban J connectivity index is 1.96. The summed E-state index contributed by atoms with van der Waals surface area (Å²) in [5.74, 6) is 0.502. The van der Waals surface area contributed by atoms with Crippen LogP contribution in [0.25, 0.3) is 0 Å². The van der Waals surface area contributed by atoms with E-state index in [9.17, 15) is 4.39 Å². The first-order valence-corrected chi connectivity index (χ1v) is 6.89. The lowest BCUT2D eigenvalue weighted by Crippen LogP contribution is -2.24. The Kier molecular flexibility index (Phi) is 3.30. The molecule has 0 spiro atoms. The van der Waals surface area contributed by atoms with E-state index in [1.807, 2.05) is 6.92 Å². The molecule has 4 heteroatoms. The molecule has 0 aliphatic carbocycles. The molecular formula is C16H15ClFNO. The van der Waals surface area contributed by atoms with Crippen molar-refractivity contribution in [2.45, 2.75) is 20.0 Å². The van der Waals surface area contributed by atoms with Crippen molar-refractivity contribution in [1.29, 1.82) is 0 Å². The molecule has 104 valence electrons. The van der Waals surface area contributed by atoms with Crippen LogP contribution in [-0.2, 0) is 0 Å². The molecule has 0 bridgehead atoms. The number of halogens is 2. The van der Waals surface area contributed by atoms with E-state index in [2.05, 4.69) is 24.4 Å². The smallest absolute Gasteiger partial charge is 0.146 e. The second kappa shape index (κ2) is 4.98. The predicted octanol–water partition coefficient (Wildman–Crippen LogP) is 4.64. The third-order valence-electron chi connectivity index (χ3n) is 3.47. The molecule has 0 saturated carbocycles. The molecule has 2 aromatic carbocycles. The van der Waals surface area contributed by atoms with E-state index < -0.39 is 0 Å². The number of hydrogen-bond donors (Lipinski definition) is 1. The molecule has 2 nitrogen and oxygen atoms in total. The topological polar surface area (TPSA) is 21.3 Å². The van der Waals surface area contributed by atoms with E-state index in [1.54, 1.807) is 6.07 Å². The van der Waals surface area contributed by atoms with Crippen LogP contribution in [0.2, 0.25) is 5.02 Å². The maximum Gasteiger partial charge on any atom is 0.146 e. The molecule has 1 aliphatic heterocycles. The highest BCUT2D eigenvalue weighted by Crippen LogP contribution is 2.39. The molecule has 0 aromatic heterocycles. The normalized spacial score (nSPS) is 17.1. The minimum atomic E-state index is -0.338. The van der Waals surface area contributed by atoms with E-state index in [0.29, 0.717) is 11.6 Å². The highest BCUT2D eigenvalue weighted by molar-refractivity contribution is 6.31. The molecule has 1 unspecified atom stereocenters. The van der Waals surface area contributed by atoms with Gasteiger partial charge >= 0.3 is 0 Å². The van der Waals surface area contributed by atoms with Crippen LogP contribution in [0.5, 0.6) is 5.75 Å². The van der Waals surface area contributed by atoms with Crippen LogP contribution >= 0.6 is 11.6 Å². The minimum Gasteiger partial charge on any atom is -0.481 e. The van der Waals surface area contributed by atoms with Gasteiger partial charge in [-0.15, -0.1) is 0 Å². The molecule has 0 radical (unpaired) electrons. The highest BCUT2D eigenvalue weighted by atomic mass is 35.5. The van der Waals surface area contributed by atoms with Crippen molar-refractivity contribution in [2.24, 2.45) is 0 Å². The number of ether oxygens (including phenoxy) is 1. The van der Waals surface area contributed by atoms with Crippen LogP contribution in [0.3, 0.4) is 0 Å². The van der Waals surface area contributed by atoms with Crippen molar-refractivity contribution >= 4 is 17.3 Å².